The Balaban J connectivity index is 0. The highest BCUT2D eigenvalue weighted by molar-refractivity contribution is 7.84. The molecule has 4 spiro atoms. The molecule has 810 valence electrons. The lowest BCUT2D eigenvalue weighted by Crippen LogP contribution is -2.54. The zero-order valence-electron chi connectivity index (χ0n) is 90.7. The SMILES string of the molecule is C.CC(=O)[C@@H](C)O.CC(C)(C)[S@](N)=O.CCOC(=O)C1(C(O)[C@@H](C)O[Si](C)(C)C(C)(C)C)CCCCC1.CCOC(=O)C1CCCCC1.CO.C[C@@H](O)C(O)C1(CO)CCCCC1.C[C@H](C=O)O[Si](C)(C)C(C)(C)C.C[C@H]1OCC2(CCCCC2)C1=O.C[C@H]1OCC2(CCCCC2)[C@@H]1N[S@](=O)C(C)(C)C.C[C@H]1OCC2(CCCCC2)[C@H]1N[S@](=O)C(C)(C)C.C[C@H]1OCC2(CCNCC2)[C@H]1N.Cl. The van der Waals surface area contributed by atoms with Crippen molar-refractivity contribution >= 4 is 91.8 Å². The van der Waals surface area contributed by atoms with E-state index >= 15 is 0 Å². The number of esters is 2. The van der Waals surface area contributed by atoms with Crippen molar-refractivity contribution < 1.29 is 105 Å². The second-order valence-corrected chi connectivity index (χ2v) is 61.7. The van der Waals surface area contributed by atoms with Crippen molar-refractivity contribution in [2.24, 2.45) is 49.3 Å². The van der Waals surface area contributed by atoms with Crippen LogP contribution in [-0.4, -0.2) is 250 Å². The van der Waals surface area contributed by atoms with Crippen molar-refractivity contribution in [1.29, 1.82) is 0 Å². The number of aliphatic hydroxyl groups is 6. The molecule has 5 saturated heterocycles. The molecule has 0 aromatic carbocycles. The summed E-state index contributed by atoms with van der Waals surface area (Å²) in [7, 11) is -5.91. The molecule has 16 atom stereocenters. The zero-order valence-corrected chi connectivity index (χ0v) is 95.9. The number of nitrogens with one attached hydrogen (secondary N) is 3. The number of aldehydes is 1. The number of carbonyl (C=O) groups excluding carboxylic acids is 5. The average molecular weight is 2060 g/mol. The molecule has 5 heterocycles. The van der Waals surface area contributed by atoms with Gasteiger partial charge in [-0.15, -0.1) is 12.4 Å². The summed E-state index contributed by atoms with van der Waals surface area (Å²) in [4.78, 5) is 55.8. The molecule has 13 N–H and O–H groups in total. The molecule has 0 aromatic rings. The standard InChI is InChI=1S/C18H36O4Si.2C14H27NO2S.C10H20O3.C10H16O2.C9H18N2O.C9H20O2Si.C9H16O2.C4H11NOS.C4H8O2.CH4O.CH4.ClH/c1-8-21-16(20)18(12-10-9-11-13-18)15(19)14(2)22-23(6,7)17(3,4)5;2*1-11-12(15-18(16)13(2,3)4)14(10-17-11)8-6-5-7-9-14;1-8(12)9(13)10(7-11)5-3-2-4-6-10;1-8-9(11)10(7-12-8)5-3-2-4-6-10;1-7-8(10)9(6-12-7)2-4-11-5-3-9;1-8(7-10)11-12(5,6)9(2,3)4;1-2-11-9(10)8-6-4-3-5-7-8;1-4(2,3)7(5)6;1-3(5)4(2)6;1-2;;/h14-15,19H,8-13H2,1-7H3;2*11-12,15H,5-10H2,1-4H3;8-9,11-13H,2-7H2,1H3;8H,2-7H2,1H3;7-8,11H,2-6,10H2,1H3;7-8H,1-6H3;8H,2-7H2,1H3;5H2,1-3H3;3,5H,1-2H3;2H,1H3;1H4;1H/t14-,15?;11-,12+,18-;11-,12-,18-;8-,9?;8-;7-,8+;8-;;7-;3-;;;/m1111111.11.../s1. The molecule has 5 aliphatic heterocycles. The fourth-order valence-electron chi connectivity index (χ4n) is 19.1. The van der Waals surface area contributed by atoms with Gasteiger partial charge >= 0.3 is 11.9 Å². The highest BCUT2D eigenvalue weighted by Gasteiger charge is 2.55. The van der Waals surface area contributed by atoms with Crippen LogP contribution in [0, 0.1) is 38.4 Å². The number of ketones is 2. The van der Waals surface area contributed by atoms with Crippen LogP contribution in [0.25, 0.3) is 0 Å². The summed E-state index contributed by atoms with van der Waals surface area (Å²) >= 11 is 0. The van der Waals surface area contributed by atoms with Crippen LogP contribution in [0.2, 0.25) is 36.3 Å². The number of ether oxygens (including phenoxy) is 6. The first-order valence-electron chi connectivity index (χ1n) is 51.4. The van der Waals surface area contributed by atoms with Gasteiger partial charge in [-0.1, -0.05) is 165 Å². The first-order valence-corrected chi connectivity index (χ1v) is 60.7. The van der Waals surface area contributed by atoms with E-state index in [9.17, 15) is 57.0 Å². The minimum Gasteiger partial charge on any atom is -0.466 e. The Kier molecular flexibility index (Phi) is 63.4. The predicted molar refractivity (Wildman–Crippen MR) is 565 cm³/mol. The Morgan fingerprint density at radius 1 is 0.529 bits per heavy atom. The number of rotatable bonds is 19. The number of piperidine rings is 1. The summed E-state index contributed by atoms with van der Waals surface area (Å²) < 4.78 is 86.2. The Morgan fingerprint density at radius 3 is 1.20 bits per heavy atom. The van der Waals surface area contributed by atoms with Crippen LogP contribution in [0.5, 0.6) is 0 Å². The molecule has 136 heavy (non-hydrogen) atoms. The van der Waals surface area contributed by atoms with Crippen LogP contribution in [0.15, 0.2) is 0 Å². The average Bonchev–Trinajstić information content (AvgIpc) is 1.60. The summed E-state index contributed by atoms with van der Waals surface area (Å²) in [5.41, 5.74) is 5.61. The van der Waals surface area contributed by atoms with E-state index in [0.717, 1.165) is 117 Å². The van der Waals surface area contributed by atoms with E-state index in [1.807, 2.05) is 90.0 Å². The minimum absolute atomic E-state index is 0. The van der Waals surface area contributed by atoms with E-state index in [4.69, 9.17) is 58.4 Å². The normalized spacial score (nSPS) is 26.3. The van der Waals surface area contributed by atoms with Gasteiger partial charge in [0.15, 0.2) is 28.2 Å². The van der Waals surface area contributed by atoms with Gasteiger partial charge in [0, 0.05) is 34.8 Å². The van der Waals surface area contributed by atoms with E-state index in [1.165, 1.54) is 136 Å². The van der Waals surface area contributed by atoms with Crippen molar-refractivity contribution in [3.63, 3.8) is 0 Å². The van der Waals surface area contributed by atoms with Gasteiger partial charge in [0.2, 0.25) is 0 Å². The quantitative estimate of drug-likeness (QED) is 0.0325. The van der Waals surface area contributed by atoms with E-state index in [1.54, 1.807) is 13.8 Å². The smallest absolute Gasteiger partial charge is 0.314 e. The largest absolute Gasteiger partial charge is 0.466 e. The highest BCUT2D eigenvalue weighted by Crippen LogP contribution is 2.50. The van der Waals surface area contributed by atoms with E-state index in [0.29, 0.717) is 43.9 Å². The molecule has 11 aliphatic rings. The lowest BCUT2D eigenvalue weighted by atomic mass is 9.69. The number of hydrogen-bond donors (Lipinski definition) is 11. The molecule has 6 saturated carbocycles. The number of hydrogen-bond acceptors (Lipinski definition) is 24. The third-order valence-electron chi connectivity index (χ3n) is 30.4. The number of nitrogens with two attached hydrogens (primary N) is 2. The number of carbonyl (C=O) groups is 5. The fourth-order valence-corrected chi connectivity index (χ4v) is 23.9. The maximum absolute atomic E-state index is 12.6. The van der Waals surface area contributed by atoms with Gasteiger partial charge in [-0.2, -0.15) is 0 Å². The molecule has 0 bridgehead atoms. The van der Waals surface area contributed by atoms with E-state index < -0.39 is 84.8 Å². The van der Waals surface area contributed by atoms with Crippen molar-refractivity contribution in [3.05, 3.63) is 0 Å². The molecular formula is C103H208ClN5O22S3Si2. The summed E-state index contributed by atoms with van der Waals surface area (Å²) in [5, 5.41) is 63.3. The third kappa shape index (κ3) is 43.5. The lowest BCUT2D eigenvalue weighted by molar-refractivity contribution is -0.172. The van der Waals surface area contributed by atoms with Crippen molar-refractivity contribution in [2.75, 3.05) is 66.4 Å². The third-order valence-corrected chi connectivity index (χ3v) is 43.9. The van der Waals surface area contributed by atoms with Gasteiger partial charge in [-0.25, -0.2) is 22.1 Å². The Morgan fingerprint density at radius 2 is 0.882 bits per heavy atom. The Bertz CT molecular complexity index is 3300. The van der Waals surface area contributed by atoms with Crippen LogP contribution >= 0.6 is 12.4 Å². The van der Waals surface area contributed by atoms with Crippen molar-refractivity contribution in [2.45, 2.75) is 523 Å². The van der Waals surface area contributed by atoms with Gasteiger partial charge in [-0.3, -0.25) is 24.3 Å². The van der Waals surface area contributed by atoms with Gasteiger partial charge in [-0.05, 0) is 278 Å². The van der Waals surface area contributed by atoms with Crippen LogP contribution in [-0.2, 0) is 94.2 Å². The number of halogens is 1. The molecule has 2 unspecified atom stereocenters. The fraction of sp³-hybridized carbons (Fsp3) is 0.951. The summed E-state index contributed by atoms with van der Waals surface area (Å²) in [6, 6.07) is 0.746. The molecule has 11 rings (SSSR count). The molecule has 33 heteroatoms. The van der Waals surface area contributed by atoms with Gasteiger partial charge in [0.1, 0.15) is 18.5 Å². The van der Waals surface area contributed by atoms with E-state index in [2.05, 4.69) is 103 Å². The second kappa shape index (κ2) is 63.2. The first kappa shape index (κ1) is 136. The maximum atomic E-state index is 12.6. The molecule has 27 nitrogen and oxygen atoms in total. The van der Waals surface area contributed by atoms with Crippen LogP contribution in [0.3, 0.4) is 0 Å². The topological polar surface area (TPSA) is 420 Å². The Labute approximate surface area is 843 Å². The second-order valence-electron chi connectivity index (χ2n) is 46.4. The van der Waals surface area contributed by atoms with Gasteiger partial charge < -0.3 is 83.8 Å². The van der Waals surface area contributed by atoms with Crippen LogP contribution < -0.4 is 25.6 Å². The highest BCUT2D eigenvalue weighted by atomic mass is 35.5. The minimum atomic E-state index is -1.99. The monoisotopic (exact) mass is 2050 g/mol. The zero-order chi connectivity index (χ0) is 103. The van der Waals surface area contributed by atoms with Crippen molar-refractivity contribution in [3.8, 4) is 0 Å². The van der Waals surface area contributed by atoms with Crippen LogP contribution in [0.4, 0.5) is 0 Å². The van der Waals surface area contributed by atoms with E-state index in [-0.39, 0.29) is 145 Å². The van der Waals surface area contributed by atoms with Crippen molar-refractivity contribution in [1.82, 2.24) is 14.8 Å². The van der Waals surface area contributed by atoms with Gasteiger partial charge in [0.25, 0.3) is 0 Å². The first-order chi connectivity index (χ1) is 61.9. The maximum Gasteiger partial charge on any atom is 0.314 e. The molecule has 0 amide bonds. The molecule has 0 radical (unpaired) electrons. The summed E-state index contributed by atoms with van der Waals surface area (Å²) in [6.07, 6.45) is 33.6. The lowest BCUT2D eigenvalue weighted by Gasteiger charge is -2.45. The molecular weight excluding hydrogens is 1850 g/mol. The molecule has 11 fully saturated rings. The van der Waals surface area contributed by atoms with Crippen LogP contribution in [0.1, 0.15) is 393 Å². The van der Waals surface area contributed by atoms with Gasteiger partial charge in [0.05, 0.1) is 171 Å². The predicted octanol–water partition coefficient (Wildman–Crippen LogP) is 18.3. The summed E-state index contributed by atoms with van der Waals surface area (Å²) in [6.45, 7) is 65.5. The molecule has 6 aliphatic carbocycles. The number of Topliss-reactive ketones (excluding diaryl/α,β-unsaturated/α-hetero) is 2. The molecule has 0 aromatic heterocycles. The number of aliphatic hydroxyl groups excluding tert-OH is 6. The summed E-state index contributed by atoms with van der Waals surface area (Å²) in [5.74, 6) is 0.158. The Hall–Kier alpha value is -1.56.